The van der Waals surface area contributed by atoms with Gasteiger partial charge >= 0.3 is 5.97 Å². The fourth-order valence-electron chi connectivity index (χ4n) is 3.53. The molecule has 8 nitrogen and oxygen atoms in total. The molecular formula is C21H37N5O3S. The number of carbonyl (C=O) groups is 1. The summed E-state index contributed by atoms with van der Waals surface area (Å²) in [5.41, 5.74) is 0.642. The molecule has 0 spiro atoms. The largest absolute Gasteiger partial charge is 0.462 e. The van der Waals surface area contributed by atoms with Gasteiger partial charge < -0.3 is 20.1 Å². The quantitative estimate of drug-likeness (QED) is 0.384. The number of morpholine rings is 1. The molecule has 3 unspecified atom stereocenters. The second-order valence-corrected chi connectivity index (χ2v) is 9.48. The van der Waals surface area contributed by atoms with Crippen molar-refractivity contribution in [2.75, 3.05) is 33.3 Å². The highest BCUT2D eigenvalue weighted by molar-refractivity contribution is 7.13. The van der Waals surface area contributed by atoms with E-state index in [1.807, 2.05) is 13.8 Å². The molecule has 9 heteroatoms. The van der Waals surface area contributed by atoms with Gasteiger partial charge in [-0.15, -0.1) is 11.3 Å². The van der Waals surface area contributed by atoms with Crippen LogP contribution in [0, 0.1) is 6.92 Å². The van der Waals surface area contributed by atoms with Crippen molar-refractivity contribution in [1.82, 2.24) is 20.5 Å². The van der Waals surface area contributed by atoms with E-state index in [-0.39, 0.29) is 29.8 Å². The number of ether oxygens (including phenoxy) is 2. The summed E-state index contributed by atoms with van der Waals surface area (Å²) in [5, 5.41) is 7.65. The molecular weight excluding hydrogens is 402 g/mol. The van der Waals surface area contributed by atoms with E-state index in [0.29, 0.717) is 23.1 Å². The van der Waals surface area contributed by atoms with Gasteiger partial charge in [0.25, 0.3) is 0 Å². The second kappa shape index (κ2) is 10.5. The Morgan fingerprint density at radius 3 is 2.60 bits per heavy atom. The number of hydrogen-bond acceptors (Lipinski definition) is 7. The van der Waals surface area contributed by atoms with Gasteiger partial charge in [0.15, 0.2) is 5.96 Å². The van der Waals surface area contributed by atoms with E-state index >= 15 is 0 Å². The van der Waals surface area contributed by atoms with E-state index in [1.54, 1.807) is 14.0 Å². The number of esters is 1. The molecule has 0 radical (unpaired) electrons. The maximum atomic E-state index is 12.1. The number of aliphatic imine (C=N–C) groups is 1. The van der Waals surface area contributed by atoms with E-state index in [1.165, 1.54) is 11.3 Å². The lowest BCUT2D eigenvalue weighted by atomic mass is 10.00. The Morgan fingerprint density at radius 2 is 2.03 bits per heavy atom. The zero-order valence-electron chi connectivity index (χ0n) is 19.5. The summed E-state index contributed by atoms with van der Waals surface area (Å²) in [4.78, 5) is 24.0. The molecule has 0 aliphatic carbocycles. The zero-order valence-corrected chi connectivity index (χ0v) is 20.4. The Hall–Kier alpha value is -1.71. The minimum absolute atomic E-state index is 0.0536. The minimum atomic E-state index is -0.316. The van der Waals surface area contributed by atoms with Crippen molar-refractivity contribution in [3.05, 3.63) is 15.6 Å². The molecule has 0 bridgehead atoms. The molecule has 0 aromatic carbocycles. The van der Waals surface area contributed by atoms with Gasteiger partial charge in [-0.2, -0.15) is 0 Å². The van der Waals surface area contributed by atoms with Crippen LogP contribution in [0.4, 0.5) is 0 Å². The summed E-state index contributed by atoms with van der Waals surface area (Å²) in [7, 11) is 1.76. The molecule has 1 aliphatic rings. The molecule has 1 aliphatic heterocycles. The van der Waals surface area contributed by atoms with Crippen molar-refractivity contribution in [2.24, 2.45) is 4.99 Å². The van der Waals surface area contributed by atoms with Crippen molar-refractivity contribution < 1.29 is 14.3 Å². The summed E-state index contributed by atoms with van der Waals surface area (Å²) in [6.45, 7) is 17.3. The maximum Gasteiger partial charge on any atom is 0.350 e. The van der Waals surface area contributed by atoms with E-state index in [0.717, 1.165) is 24.6 Å². The molecule has 170 valence electrons. The Morgan fingerprint density at radius 1 is 1.40 bits per heavy atom. The third-order valence-corrected chi connectivity index (χ3v) is 6.51. The van der Waals surface area contributed by atoms with Crippen LogP contribution in [0.1, 0.15) is 68.0 Å². The van der Waals surface area contributed by atoms with Crippen LogP contribution >= 0.6 is 11.3 Å². The number of nitrogens with one attached hydrogen (secondary N) is 2. The van der Waals surface area contributed by atoms with E-state index in [4.69, 9.17) is 9.47 Å². The molecule has 2 N–H and O–H groups in total. The van der Waals surface area contributed by atoms with E-state index in [2.05, 4.69) is 53.2 Å². The van der Waals surface area contributed by atoms with Crippen LogP contribution in [0.15, 0.2) is 4.99 Å². The maximum absolute atomic E-state index is 12.1. The predicted octanol–water partition coefficient (Wildman–Crippen LogP) is 2.74. The standard InChI is InChI=1S/C21H37N5O3S/c1-9-28-19(27)17-15(4)24-18(30-17)16(5)25-20(22-8)23-12-21(6,7)26-10-13(2)29-14(3)11-26/h13-14,16H,9-12H2,1-8H3,(H2,22,23,25). The van der Waals surface area contributed by atoms with Gasteiger partial charge in [0.05, 0.1) is 30.6 Å². The minimum Gasteiger partial charge on any atom is -0.462 e. The SMILES string of the molecule is CCOC(=O)c1sc(C(C)NC(=NC)NCC(C)(C)N2CC(C)OC(C)C2)nc1C. The summed E-state index contributed by atoms with van der Waals surface area (Å²) in [5.74, 6) is 0.389. The first kappa shape index (κ1) is 24.6. The molecule has 1 fully saturated rings. The highest BCUT2D eigenvalue weighted by Crippen LogP contribution is 2.24. The number of aromatic nitrogens is 1. The van der Waals surface area contributed by atoms with Crippen LogP contribution in [-0.2, 0) is 9.47 Å². The third-order valence-electron chi connectivity index (χ3n) is 5.19. The van der Waals surface area contributed by atoms with Crippen molar-refractivity contribution in [3.8, 4) is 0 Å². The molecule has 2 rings (SSSR count). The number of thiazole rings is 1. The zero-order chi connectivity index (χ0) is 22.5. The molecule has 3 atom stereocenters. The Bertz CT molecular complexity index is 739. The molecule has 1 aromatic heterocycles. The first-order valence-electron chi connectivity index (χ1n) is 10.6. The molecule has 2 heterocycles. The number of carbonyl (C=O) groups excluding carboxylic acids is 1. The van der Waals surface area contributed by atoms with Gasteiger partial charge in [0.1, 0.15) is 9.88 Å². The van der Waals surface area contributed by atoms with Crippen LogP contribution in [0.3, 0.4) is 0 Å². The fraction of sp³-hybridized carbons (Fsp3) is 0.762. The first-order chi connectivity index (χ1) is 14.1. The first-order valence-corrected chi connectivity index (χ1v) is 11.4. The monoisotopic (exact) mass is 439 g/mol. The van der Waals surface area contributed by atoms with Gasteiger partial charge in [-0.3, -0.25) is 9.89 Å². The van der Waals surface area contributed by atoms with Crippen molar-refractivity contribution in [3.63, 3.8) is 0 Å². The number of hydrogen-bond donors (Lipinski definition) is 2. The number of rotatable bonds is 7. The molecule has 1 saturated heterocycles. The Balaban J connectivity index is 1.97. The van der Waals surface area contributed by atoms with Crippen molar-refractivity contribution in [2.45, 2.75) is 72.3 Å². The Kier molecular flexibility index (Phi) is 8.63. The van der Waals surface area contributed by atoms with E-state index in [9.17, 15) is 4.79 Å². The number of guanidine groups is 1. The average molecular weight is 440 g/mol. The van der Waals surface area contributed by atoms with Crippen LogP contribution in [0.2, 0.25) is 0 Å². The van der Waals surface area contributed by atoms with Gasteiger partial charge in [0.2, 0.25) is 0 Å². The van der Waals surface area contributed by atoms with Crippen molar-refractivity contribution in [1.29, 1.82) is 0 Å². The van der Waals surface area contributed by atoms with E-state index < -0.39 is 0 Å². The lowest BCUT2D eigenvalue weighted by molar-refractivity contribution is -0.0946. The Labute approximate surface area is 184 Å². The summed E-state index contributed by atoms with van der Waals surface area (Å²) >= 11 is 1.36. The van der Waals surface area contributed by atoms with Crippen molar-refractivity contribution >= 4 is 23.3 Å². The van der Waals surface area contributed by atoms with Gasteiger partial charge in [-0.25, -0.2) is 9.78 Å². The summed E-state index contributed by atoms with van der Waals surface area (Å²) < 4.78 is 11.0. The average Bonchev–Trinajstić information content (AvgIpc) is 3.06. The normalized spacial score (nSPS) is 21.9. The third kappa shape index (κ3) is 6.39. The lowest BCUT2D eigenvalue weighted by Crippen LogP contribution is -2.59. The highest BCUT2D eigenvalue weighted by atomic mass is 32.1. The van der Waals surface area contributed by atoms with Crippen LogP contribution in [0.5, 0.6) is 0 Å². The van der Waals surface area contributed by atoms with Gasteiger partial charge in [-0.1, -0.05) is 0 Å². The number of aryl methyl sites for hydroxylation is 1. The van der Waals surface area contributed by atoms with Crippen LogP contribution < -0.4 is 10.6 Å². The molecule has 1 aromatic rings. The molecule has 0 saturated carbocycles. The lowest BCUT2D eigenvalue weighted by Gasteiger charge is -2.45. The second-order valence-electron chi connectivity index (χ2n) is 8.45. The van der Waals surface area contributed by atoms with Gasteiger partial charge in [0, 0.05) is 32.2 Å². The number of nitrogens with zero attached hydrogens (tertiary/aromatic N) is 3. The highest BCUT2D eigenvalue weighted by Gasteiger charge is 2.33. The fourth-order valence-corrected chi connectivity index (χ4v) is 4.50. The van der Waals surface area contributed by atoms with Crippen LogP contribution in [-0.4, -0.2) is 72.8 Å². The molecule has 0 amide bonds. The summed E-state index contributed by atoms with van der Waals surface area (Å²) in [6.07, 6.45) is 0.458. The summed E-state index contributed by atoms with van der Waals surface area (Å²) in [6, 6.07) is -0.0883. The van der Waals surface area contributed by atoms with Crippen LogP contribution in [0.25, 0.3) is 0 Å². The van der Waals surface area contributed by atoms with Gasteiger partial charge in [-0.05, 0) is 48.5 Å². The topological polar surface area (TPSA) is 88.1 Å². The predicted molar refractivity (Wildman–Crippen MR) is 121 cm³/mol. The smallest absolute Gasteiger partial charge is 0.350 e. The molecule has 30 heavy (non-hydrogen) atoms.